The molecule has 2 aliphatic heterocycles. The van der Waals surface area contributed by atoms with Crippen LogP contribution in [0.5, 0.6) is 0 Å². The lowest BCUT2D eigenvalue weighted by atomic mass is 9.84. The summed E-state index contributed by atoms with van der Waals surface area (Å²) in [6, 6.07) is 11.9. The molecule has 2 heterocycles. The van der Waals surface area contributed by atoms with Crippen LogP contribution in [0.3, 0.4) is 0 Å². The van der Waals surface area contributed by atoms with Gasteiger partial charge >= 0.3 is 5.97 Å². The van der Waals surface area contributed by atoms with Crippen LogP contribution in [0.4, 0.5) is 5.69 Å². The predicted octanol–water partition coefficient (Wildman–Crippen LogP) is 6.56. The SMILES string of the molecule is C/N=c1\cc2oc3cc4c(cc3c(-c3ccc(C)cc3C(=O)O)c-2cc1/C(=C\C(C)(C)C)CS(=O)(=O)O)C(CS(=O)(=O)O)=CC(C)(C)N4C. The number of anilines is 1. The van der Waals surface area contributed by atoms with E-state index in [0.717, 1.165) is 0 Å². The van der Waals surface area contributed by atoms with Gasteiger partial charge in [0.15, 0.2) is 0 Å². The lowest BCUT2D eigenvalue weighted by molar-refractivity contribution is 0.0697. The van der Waals surface area contributed by atoms with E-state index in [0.29, 0.717) is 72.3 Å². The Bertz CT molecular complexity index is 2360. The molecule has 0 saturated carbocycles. The fourth-order valence-electron chi connectivity index (χ4n) is 6.43. The van der Waals surface area contributed by atoms with Crippen molar-refractivity contribution in [3.05, 3.63) is 82.2 Å². The highest BCUT2D eigenvalue weighted by Gasteiger charge is 2.33. The van der Waals surface area contributed by atoms with Crippen LogP contribution in [0.2, 0.25) is 0 Å². The minimum atomic E-state index is -4.48. The maximum Gasteiger partial charge on any atom is 0.336 e. The topological polar surface area (TPSA) is 175 Å². The summed E-state index contributed by atoms with van der Waals surface area (Å²) in [7, 11) is -5.51. The van der Waals surface area contributed by atoms with E-state index in [1.165, 1.54) is 0 Å². The van der Waals surface area contributed by atoms with Crippen LogP contribution in [-0.4, -0.2) is 68.2 Å². The van der Waals surface area contributed by atoms with Crippen molar-refractivity contribution in [2.45, 2.75) is 47.1 Å². The number of carboxylic acid groups (broad SMARTS) is 1. The Morgan fingerprint density at radius 2 is 1.63 bits per heavy atom. The van der Waals surface area contributed by atoms with Gasteiger partial charge in [-0.15, -0.1) is 0 Å². The van der Waals surface area contributed by atoms with Gasteiger partial charge in [-0.25, -0.2) is 4.79 Å². The molecule has 0 radical (unpaired) electrons. The van der Waals surface area contributed by atoms with Crippen molar-refractivity contribution in [3.63, 3.8) is 0 Å². The zero-order valence-corrected chi connectivity index (χ0v) is 30.2. The minimum absolute atomic E-state index is 0.00710. The van der Waals surface area contributed by atoms with Gasteiger partial charge in [0.1, 0.15) is 22.8 Å². The summed E-state index contributed by atoms with van der Waals surface area (Å²) in [5, 5.41) is 11.2. The number of fused-ring (bicyclic) bond motifs is 3. The third-order valence-electron chi connectivity index (χ3n) is 8.60. The summed E-state index contributed by atoms with van der Waals surface area (Å²) in [4.78, 5) is 19.1. The largest absolute Gasteiger partial charge is 0.478 e. The summed E-state index contributed by atoms with van der Waals surface area (Å²) in [5.74, 6) is -2.18. The molecule has 0 atom stereocenters. The molecule has 0 spiro atoms. The van der Waals surface area contributed by atoms with Crippen LogP contribution in [0.25, 0.3) is 44.6 Å². The lowest BCUT2D eigenvalue weighted by Gasteiger charge is -2.41. The van der Waals surface area contributed by atoms with E-state index in [9.17, 15) is 35.8 Å². The Hall–Kier alpha value is -4.30. The third kappa shape index (κ3) is 7.49. The van der Waals surface area contributed by atoms with Gasteiger partial charge in [-0.1, -0.05) is 50.6 Å². The third-order valence-corrected chi connectivity index (χ3v) is 9.95. The van der Waals surface area contributed by atoms with Gasteiger partial charge in [-0.2, -0.15) is 16.8 Å². The van der Waals surface area contributed by atoms with Gasteiger partial charge < -0.3 is 14.4 Å². The van der Waals surface area contributed by atoms with E-state index >= 15 is 0 Å². The van der Waals surface area contributed by atoms with Crippen LogP contribution in [0.15, 0.2) is 64.0 Å². The van der Waals surface area contributed by atoms with Crippen molar-refractivity contribution in [1.82, 2.24) is 0 Å². The summed E-state index contributed by atoms with van der Waals surface area (Å²) < 4.78 is 75.2. The van der Waals surface area contributed by atoms with Crippen LogP contribution >= 0.6 is 0 Å². The van der Waals surface area contributed by atoms with Crippen LogP contribution < -0.4 is 10.3 Å². The van der Waals surface area contributed by atoms with Gasteiger partial charge in [-0.3, -0.25) is 14.1 Å². The number of rotatable bonds is 7. The zero-order valence-electron chi connectivity index (χ0n) is 28.6. The number of aryl methyl sites for hydroxylation is 1. The van der Waals surface area contributed by atoms with Crippen molar-refractivity contribution >= 4 is 54.0 Å². The number of likely N-dealkylation sites (N-methyl/N-ethyl adjacent to an activating group) is 1. The highest BCUT2D eigenvalue weighted by molar-refractivity contribution is 7.86. The summed E-state index contributed by atoms with van der Waals surface area (Å²) in [5.41, 5.74) is 3.36. The molecule has 11 nitrogen and oxygen atoms in total. The van der Waals surface area contributed by atoms with Gasteiger partial charge in [0, 0.05) is 59.6 Å². The fraction of sp³-hybridized carbons (Fsp3) is 0.333. The molecule has 0 amide bonds. The molecule has 3 aliphatic rings. The maximum atomic E-state index is 12.7. The number of hydrogen-bond donors (Lipinski definition) is 3. The molecule has 0 saturated heterocycles. The lowest BCUT2D eigenvalue weighted by Crippen LogP contribution is -2.42. The second-order valence-electron chi connectivity index (χ2n) is 14.2. The molecule has 0 fully saturated rings. The average Bonchev–Trinajstić information content (AvgIpc) is 2.94. The van der Waals surface area contributed by atoms with Gasteiger partial charge in [0.25, 0.3) is 20.2 Å². The second kappa shape index (κ2) is 12.2. The summed E-state index contributed by atoms with van der Waals surface area (Å²) in [6.45, 7) is 11.3. The van der Waals surface area contributed by atoms with Crippen molar-refractivity contribution in [3.8, 4) is 22.5 Å². The van der Waals surface area contributed by atoms with Crippen molar-refractivity contribution in [2.75, 3.05) is 30.5 Å². The number of hydrogen-bond acceptors (Lipinski definition) is 8. The van der Waals surface area contributed by atoms with Gasteiger partial charge in [0.05, 0.1) is 16.5 Å². The maximum absolute atomic E-state index is 12.7. The van der Waals surface area contributed by atoms with E-state index < -0.39 is 48.7 Å². The summed E-state index contributed by atoms with van der Waals surface area (Å²) >= 11 is 0. The molecule has 0 aromatic heterocycles. The highest BCUT2D eigenvalue weighted by atomic mass is 32.2. The Kier molecular flexibility index (Phi) is 8.99. The standard InChI is InChI=1S/C36H40N2O9S2/c1-20-9-10-23(26(11-20)34(39)40)33-27-12-24(21(16-35(2,3)4)18-48(41,42)43)29(37-7)14-31(27)47-32-15-30-25(13-28(32)33)22(19-49(44,45)46)17-36(5,6)38(30)8/h9-17H,18-19H2,1-8H3,(H,39,40)(H,41,42,43)(H,44,45,46)/b21-16-,37-29+. The van der Waals surface area contributed by atoms with Crippen molar-refractivity contribution < 1.29 is 40.3 Å². The Morgan fingerprint density at radius 3 is 2.20 bits per heavy atom. The molecule has 1 aliphatic carbocycles. The quantitative estimate of drug-likeness (QED) is 0.141. The fourth-order valence-corrected chi connectivity index (χ4v) is 7.69. The molecule has 2 aromatic carbocycles. The Morgan fingerprint density at radius 1 is 0.959 bits per heavy atom. The van der Waals surface area contributed by atoms with Crippen LogP contribution in [0, 0.1) is 12.3 Å². The monoisotopic (exact) mass is 708 g/mol. The van der Waals surface area contributed by atoms with E-state index in [4.69, 9.17) is 4.42 Å². The van der Waals surface area contributed by atoms with Gasteiger partial charge in [0.2, 0.25) is 0 Å². The molecular weight excluding hydrogens is 669 g/mol. The number of carboxylic acids is 1. The minimum Gasteiger partial charge on any atom is -0.478 e. The second-order valence-corrected chi connectivity index (χ2v) is 17.1. The number of allylic oxidation sites excluding steroid dienone is 1. The number of benzene rings is 3. The Balaban J connectivity index is 2.02. The summed E-state index contributed by atoms with van der Waals surface area (Å²) in [6.07, 6.45) is 3.51. The highest BCUT2D eigenvalue weighted by Crippen LogP contribution is 2.47. The van der Waals surface area contributed by atoms with Gasteiger partial charge in [-0.05, 0) is 61.1 Å². The first-order valence-electron chi connectivity index (χ1n) is 15.4. The first-order chi connectivity index (χ1) is 22.5. The molecular formula is C36H40N2O9S2. The molecule has 0 bridgehead atoms. The van der Waals surface area contributed by atoms with Crippen molar-refractivity contribution in [2.24, 2.45) is 10.4 Å². The molecule has 49 heavy (non-hydrogen) atoms. The molecule has 3 N–H and O–H groups in total. The van der Waals surface area contributed by atoms with Crippen molar-refractivity contribution in [1.29, 1.82) is 0 Å². The number of carbonyl (C=O) groups is 1. The van der Waals surface area contributed by atoms with Crippen LogP contribution in [-0.2, 0) is 20.2 Å². The first kappa shape index (κ1) is 36.0. The van der Waals surface area contributed by atoms with E-state index in [2.05, 4.69) is 4.99 Å². The van der Waals surface area contributed by atoms with E-state index in [-0.39, 0.29) is 5.56 Å². The molecule has 5 rings (SSSR count). The van der Waals surface area contributed by atoms with E-state index in [1.54, 1.807) is 68.6 Å². The number of nitrogens with zero attached hydrogens (tertiary/aromatic N) is 2. The average molecular weight is 709 g/mol. The predicted molar refractivity (Wildman–Crippen MR) is 192 cm³/mol. The Labute approximate surface area is 286 Å². The normalized spacial score (nSPS) is 15.9. The molecule has 0 unspecified atom stereocenters. The zero-order chi connectivity index (χ0) is 36.4. The smallest absolute Gasteiger partial charge is 0.336 e. The number of aromatic carboxylic acids is 1. The molecule has 260 valence electrons. The molecule has 2 aromatic rings. The first-order valence-corrected chi connectivity index (χ1v) is 18.6. The van der Waals surface area contributed by atoms with Crippen LogP contribution in [0.1, 0.15) is 61.7 Å². The molecule has 13 heteroatoms. The van der Waals surface area contributed by atoms with E-state index in [1.807, 2.05) is 46.6 Å².